The van der Waals surface area contributed by atoms with Gasteiger partial charge in [0, 0.05) is 25.3 Å². The van der Waals surface area contributed by atoms with Crippen LogP contribution in [0.4, 0.5) is 5.69 Å². The van der Waals surface area contributed by atoms with E-state index in [0.717, 1.165) is 38.5 Å². The average molecular weight is 282 g/mol. The maximum atomic E-state index is 5.90. The Labute approximate surface area is 126 Å². The number of benzene rings is 2. The molecule has 1 saturated heterocycles. The van der Waals surface area contributed by atoms with E-state index in [2.05, 4.69) is 42.2 Å². The van der Waals surface area contributed by atoms with Gasteiger partial charge in [0.05, 0.1) is 13.2 Å². The van der Waals surface area contributed by atoms with E-state index in [1.807, 2.05) is 12.1 Å². The zero-order valence-electron chi connectivity index (χ0n) is 12.5. The summed E-state index contributed by atoms with van der Waals surface area (Å²) in [6.07, 6.45) is 0. The molecule has 0 aromatic heterocycles. The second kappa shape index (κ2) is 6.29. The molecule has 3 nitrogen and oxygen atoms in total. The maximum Gasteiger partial charge on any atom is 0.0594 e. The highest BCUT2D eigenvalue weighted by Gasteiger charge is 2.10. The number of hydrogen-bond acceptors (Lipinski definition) is 3. The number of hydrogen-bond donors (Lipinski definition) is 1. The Morgan fingerprint density at radius 2 is 1.76 bits per heavy atom. The van der Waals surface area contributed by atoms with Crippen molar-refractivity contribution in [2.24, 2.45) is 0 Å². The molecule has 21 heavy (non-hydrogen) atoms. The minimum atomic E-state index is 0.813. The molecular weight excluding hydrogens is 260 g/mol. The summed E-state index contributed by atoms with van der Waals surface area (Å²) in [6.45, 7) is 6.86. The van der Waals surface area contributed by atoms with Gasteiger partial charge in [0.15, 0.2) is 0 Å². The minimum absolute atomic E-state index is 0.813. The highest BCUT2D eigenvalue weighted by molar-refractivity contribution is 5.70. The molecule has 0 bridgehead atoms. The van der Waals surface area contributed by atoms with Crippen LogP contribution < -0.4 is 5.73 Å². The summed E-state index contributed by atoms with van der Waals surface area (Å²) in [5.74, 6) is 0. The molecule has 0 saturated carbocycles. The maximum absolute atomic E-state index is 5.90. The first-order valence-electron chi connectivity index (χ1n) is 7.48. The molecule has 0 amide bonds. The van der Waals surface area contributed by atoms with Crippen LogP contribution in [0.15, 0.2) is 42.5 Å². The van der Waals surface area contributed by atoms with E-state index in [0.29, 0.717) is 0 Å². The molecule has 1 heterocycles. The number of morpholine rings is 1. The van der Waals surface area contributed by atoms with Gasteiger partial charge in [0.1, 0.15) is 0 Å². The molecular formula is C18H22N2O. The average Bonchev–Trinajstić information content (AvgIpc) is 2.52. The fourth-order valence-electron chi connectivity index (χ4n) is 2.76. The standard InChI is InChI=1S/C18H22N2O/c1-14-2-7-17(19)12-18(14)16-5-3-15(4-6-16)13-20-8-10-21-11-9-20/h2-7,12H,8-11,13,19H2,1H3. The number of aryl methyl sites for hydroxylation is 1. The molecule has 1 aliphatic heterocycles. The van der Waals surface area contributed by atoms with Gasteiger partial charge in [-0.3, -0.25) is 4.90 Å². The smallest absolute Gasteiger partial charge is 0.0594 e. The summed E-state index contributed by atoms with van der Waals surface area (Å²) in [7, 11) is 0. The summed E-state index contributed by atoms with van der Waals surface area (Å²) in [6, 6.07) is 14.9. The van der Waals surface area contributed by atoms with Crippen molar-refractivity contribution in [3.8, 4) is 11.1 Å². The van der Waals surface area contributed by atoms with E-state index in [1.165, 1.54) is 22.3 Å². The van der Waals surface area contributed by atoms with Crippen LogP contribution >= 0.6 is 0 Å². The molecule has 2 aromatic rings. The van der Waals surface area contributed by atoms with Crippen LogP contribution in [-0.2, 0) is 11.3 Å². The first-order valence-corrected chi connectivity index (χ1v) is 7.48. The van der Waals surface area contributed by atoms with Gasteiger partial charge in [-0.05, 0) is 41.3 Å². The zero-order valence-corrected chi connectivity index (χ0v) is 12.5. The first kappa shape index (κ1) is 14.1. The predicted molar refractivity (Wildman–Crippen MR) is 87.1 cm³/mol. The lowest BCUT2D eigenvalue weighted by atomic mass is 9.99. The van der Waals surface area contributed by atoms with E-state index < -0.39 is 0 Å². The number of anilines is 1. The van der Waals surface area contributed by atoms with Crippen LogP contribution in [0.1, 0.15) is 11.1 Å². The molecule has 0 atom stereocenters. The van der Waals surface area contributed by atoms with E-state index in [-0.39, 0.29) is 0 Å². The van der Waals surface area contributed by atoms with Crippen molar-refractivity contribution in [2.45, 2.75) is 13.5 Å². The van der Waals surface area contributed by atoms with Gasteiger partial charge < -0.3 is 10.5 Å². The number of nitrogens with zero attached hydrogens (tertiary/aromatic N) is 1. The lowest BCUT2D eigenvalue weighted by molar-refractivity contribution is 0.0342. The van der Waals surface area contributed by atoms with E-state index in [9.17, 15) is 0 Å². The Bertz CT molecular complexity index is 601. The number of nitrogen functional groups attached to an aromatic ring is 1. The fourth-order valence-corrected chi connectivity index (χ4v) is 2.76. The SMILES string of the molecule is Cc1ccc(N)cc1-c1ccc(CN2CCOCC2)cc1. The van der Waals surface area contributed by atoms with Gasteiger partial charge in [-0.15, -0.1) is 0 Å². The molecule has 0 radical (unpaired) electrons. The summed E-state index contributed by atoms with van der Waals surface area (Å²) >= 11 is 0. The van der Waals surface area contributed by atoms with Crippen molar-refractivity contribution in [3.63, 3.8) is 0 Å². The van der Waals surface area contributed by atoms with E-state index >= 15 is 0 Å². The molecule has 2 aromatic carbocycles. The molecule has 3 rings (SSSR count). The van der Waals surface area contributed by atoms with Crippen molar-refractivity contribution in [1.29, 1.82) is 0 Å². The third-order valence-electron chi connectivity index (χ3n) is 4.04. The number of rotatable bonds is 3. The molecule has 0 aliphatic carbocycles. The van der Waals surface area contributed by atoms with Crippen LogP contribution in [0.25, 0.3) is 11.1 Å². The molecule has 2 N–H and O–H groups in total. The Morgan fingerprint density at radius 1 is 1.05 bits per heavy atom. The van der Waals surface area contributed by atoms with Gasteiger partial charge in [-0.1, -0.05) is 30.3 Å². The molecule has 110 valence electrons. The van der Waals surface area contributed by atoms with Crippen LogP contribution in [-0.4, -0.2) is 31.2 Å². The summed E-state index contributed by atoms with van der Waals surface area (Å²) < 4.78 is 5.39. The van der Waals surface area contributed by atoms with Crippen molar-refractivity contribution in [2.75, 3.05) is 32.0 Å². The normalized spacial score (nSPS) is 16.0. The molecule has 0 unspecified atom stereocenters. The van der Waals surface area contributed by atoms with Crippen LogP contribution in [0, 0.1) is 6.92 Å². The second-order valence-electron chi connectivity index (χ2n) is 5.66. The van der Waals surface area contributed by atoms with Gasteiger partial charge >= 0.3 is 0 Å². The zero-order chi connectivity index (χ0) is 14.7. The van der Waals surface area contributed by atoms with Crippen molar-refractivity contribution >= 4 is 5.69 Å². The Kier molecular flexibility index (Phi) is 4.23. The summed E-state index contributed by atoms with van der Waals surface area (Å²) in [5.41, 5.74) is 11.8. The van der Waals surface area contributed by atoms with Crippen molar-refractivity contribution in [3.05, 3.63) is 53.6 Å². The van der Waals surface area contributed by atoms with Crippen molar-refractivity contribution in [1.82, 2.24) is 4.90 Å². The van der Waals surface area contributed by atoms with Gasteiger partial charge in [-0.2, -0.15) is 0 Å². The largest absolute Gasteiger partial charge is 0.399 e. The highest BCUT2D eigenvalue weighted by atomic mass is 16.5. The number of ether oxygens (including phenoxy) is 1. The summed E-state index contributed by atoms with van der Waals surface area (Å²) in [4.78, 5) is 2.43. The van der Waals surface area contributed by atoms with Crippen molar-refractivity contribution < 1.29 is 4.74 Å². The Hall–Kier alpha value is -1.84. The third kappa shape index (κ3) is 3.43. The number of nitrogens with two attached hydrogens (primary N) is 1. The van der Waals surface area contributed by atoms with Gasteiger partial charge in [0.2, 0.25) is 0 Å². The molecule has 1 fully saturated rings. The lowest BCUT2D eigenvalue weighted by Gasteiger charge is -2.26. The van der Waals surface area contributed by atoms with Crippen LogP contribution in [0.3, 0.4) is 0 Å². The lowest BCUT2D eigenvalue weighted by Crippen LogP contribution is -2.35. The topological polar surface area (TPSA) is 38.5 Å². The highest BCUT2D eigenvalue weighted by Crippen LogP contribution is 2.26. The van der Waals surface area contributed by atoms with Gasteiger partial charge in [-0.25, -0.2) is 0 Å². The molecule has 1 aliphatic rings. The van der Waals surface area contributed by atoms with E-state index in [1.54, 1.807) is 0 Å². The van der Waals surface area contributed by atoms with E-state index in [4.69, 9.17) is 10.5 Å². The first-order chi connectivity index (χ1) is 10.2. The fraction of sp³-hybridized carbons (Fsp3) is 0.333. The molecule has 0 spiro atoms. The second-order valence-corrected chi connectivity index (χ2v) is 5.66. The molecule has 3 heteroatoms. The quantitative estimate of drug-likeness (QED) is 0.879. The third-order valence-corrected chi connectivity index (χ3v) is 4.04. The van der Waals surface area contributed by atoms with Gasteiger partial charge in [0.25, 0.3) is 0 Å². The monoisotopic (exact) mass is 282 g/mol. The predicted octanol–water partition coefficient (Wildman–Crippen LogP) is 3.08. The summed E-state index contributed by atoms with van der Waals surface area (Å²) in [5, 5.41) is 0. The van der Waals surface area contributed by atoms with Crippen LogP contribution in [0.2, 0.25) is 0 Å². The minimum Gasteiger partial charge on any atom is -0.399 e. The van der Waals surface area contributed by atoms with Crippen LogP contribution in [0.5, 0.6) is 0 Å². The Balaban J connectivity index is 1.75. The Morgan fingerprint density at radius 3 is 2.48 bits per heavy atom.